The molecule has 5 heteroatoms. The van der Waals surface area contributed by atoms with Gasteiger partial charge in [-0.15, -0.1) is 0 Å². The number of unbranched alkanes of at least 4 members (excludes halogenated alkanes) is 3. The molecule has 0 unspecified atom stereocenters. The molecule has 8 radical (unpaired) electrons. The van der Waals surface area contributed by atoms with Gasteiger partial charge in [0.1, 0.15) is 0 Å². The van der Waals surface area contributed by atoms with Gasteiger partial charge in [0, 0.05) is 0 Å². The van der Waals surface area contributed by atoms with Crippen LogP contribution in [0.25, 0.3) is 0 Å². The number of rotatable bonds is 6. The molecular formula is C8H14B4O. The molecule has 0 aromatic carbocycles. The van der Waals surface area contributed by atoms with Gasteiger partial charge in [-0.1, -0.05) is 44.2 Å². The summed E-state index contributed by atoms with van der Waals surface area (Å²) in [5, 5.41) is 5.80. The van der Waals surface area contributed by atoms with E-state index in [1.165, 1.54) is 0 Å². The van der Waals surface area contributed by atoms with Gasteiger partial charge in [0.05, 0.1) is 31.4 Å². The zero-order valence-corrected chi connectivity index (χ0v) is 8.29. The van der Waals surface area contributed by atoms with Crippen LogP contribution >= 0.6 is 0 Å². The van der Waals surface area contributed by atoms with Crippen LogP contribution in [-0.2, 0) is 0 Å². The van der Waals surface area contributed by atoms with Crippen LogP contribution in [0.4, 0.5) is 0 Å². The van der Waals surface area contributed by atoms with Crippen molar-refractivity contribution in [3.63, 3.8) is 0 Å². The Labute approximate surface area is 86.7 Å². The van der Waals surface area contributed by atoms with Crippen molar-refractivity contribution in [2.75, 3.05) is 0 Å². The Morgan fingerprint density at radius 3 is 1.92 bits per heavy atom. The third-order valence-electron chi connectivity index (χ3n) is 2.19. The van der Waals surface area contributed by atoms with E-state index in [4.69, 9.17) is 31.4 Å². The fraction of sp³-hybridized carbons (Fsp3) is 1.00. The van der Waals surface area contributed by atoms with Gasteiger partial charge < -0.3 is 5.11 Å². The zero-order valence-electron chi connectivity index (χ0n) is 8.29. The summed E-state index contributed by atoms with van der Waals surface area (Å²) in [7, 11) is 21.5. The van der Waals surface area contributed by atoms with E-state index in [0.717, 1.165) is 25.7 Å². The molecule has 0 aliphatic heterocycles. The highest BCUT2D eigenvalue weighted by molar-refractivity contribution is 6.53. The Balaban J connectivity index is 3.77. The molecule has 0 aliphatic rings. The highest BCUT2D eigenvalue weighted by Crippen LogP contribution is 2.33. The van der Waals surface area contributed by atoms with Gasteiger partial charge in [0.15, 0.2) is 0 Å². The van der Waals surface area contributed by atoms with Gasteiger partial charge in [-0.2, -0.15) is 0 Å². The molecule has 0 atom stereocenters. The third-order valence-corrected chi connectivity index (χ3v) is 2.19. The first-order chi connectivity index (χ1) is 5.81. The van der Waals surface area contributed by atoms with Crippen LogP contribution in [-0.4, -0.2) is 41.9 Å². The quantitative estimate of drug-likeness (QED) is 0.451. The normalized spacial score (nSPS) is 13.1. The molecule has 0 saturated carbocycles. The molecule has 13 heavy (non-hydrogen) atoms. The molecule has 0 aromatic rings. The summed E-state index contributed by atoms with van der Waals surface area (Å²) < 4.78 is 0. The van der Waals surface area contributed by atoms with Crippen molar-refractivity contribution >= 4 is 31.4 Å². The highest BCUT2D eigenvalue weighted by atomic mass is 16.3. The predicted molar refractivity (Wildman–Crippen MR) is 59.4 cm³/mol. The number of aliphatic hydroxyl groups is 1. The fourth-order valence-electron chi connectivity index (χ4n) is 1.04. The summed E-state index contributed by atoms with van der Waals surface area (Å²) in [5.41, 5.74) is 0. The summed E-state index contributed by atoms with van der Waals surface area (Å²) in [6.45, 7) is 2.11. The van der Waals surface area contributed by atoms with E-state index in [0.29, 0.717) is 6.42 Å². The van der Waals surface area contributed by atoms with Crippen LogP contribution in [0.1, 0.15) is 39.0 Å². The molecule has 1 N–H and O–H groups in total. The number of hydrogen-bond acceptors (Lipinski definition) is 1. The van der Waals surface area contributed by atoms with E-state index in [2.05, 4.69) is 6.92 Å². The Hall–Kier alpha value is 0.220. The summed E-state index contributed by atoms with van der Waals surface area (Å²) in [4.78, 5) is 0. The van der Waals surface area contributed by atoms with E-state index >= 15 is 0 Å². The molecule has 0 amide bonds. The van der Waals surface area contributed by atoms with E-state index in [9.17, 15) is 5.11 Å². The maximum atomic E-state index is 9.21. The lowest BCUT2D eigenvalue weighted by molar-refractivity contribution is 0.183. The molecule has 0 bridgehead atoms. The van der Waals surface area contributed by atoms with Crippen LogP contribution in [0, 0.1) is 0 Å². The van der Waals surface area contributed by atoms with E-state index < -0.39 is 10.6 Å². The topological polar surface area (TPSA) is 20.2 Å². The lowest BCUT2D eigenvalue weighted by Crippen LogP contribution is -2.45. The van der Waals surface area contributed by atoms with Crippen LogP contribution in [0.5, 0.6) is 0 Å². The molecule has 0 heterocycles. The second kappa shape index (κ2) is 5.19. The summed E-state index contributed by atoms with van der Waals surface area (Å²) in [6.07, 6.45) is 4.55. The molecule has 0 saturated heterocycles. The van der Waals surface area contributed by atoms with Gasteiger partial charge in [-0.25, -0.2) is 0 Å². The first-order valence-corrected chi connectivity index (χ1v) is 4.69. The predicted octanol–water partition coefficient (Wildman–Crippen LogP) is 0.393. The fourth-order valence-corrected chi connectivity index (χ4v) is 1.04. The van der Waals surface area contributed by atoms with E-state index in [1.54, 1.807) is 0 Å². The molecular weight excluding hydrogens is 155 g/mol. The minimum absolute atomic E-state index is 0.427. The minimum Gasteiger partial charge on any atom is -0.410 e. The Morgan fingerprint density at radius 1 is 1.00 bits per heavy atom. The van der Waals surface area contributed by atoms with E-state index in [-0.39, 0.29) is 0 Å². The molecule has 64 valence electrons. The van der Waals surface area contributed by atoms with Crippen LogP contribution in [0.2, 0.25) is 5.21 Å². The van der Waals surface area contributed by atoms with Gasteiger partial charge in [-0.05, 0) is 5.40 Å². The average molecular weight is 169 g/mol. The summed E-state index contributed by atoms with van der Waals surface area (Å²) in [6, 6.07) is 0. The van der Waals surface area contributed by atoms with Crippen molar-refractivity contribution in [3.05, 3.63) is 0 Å². The molecule has 0 fully saturated rings. The van der Waals surface area contributed by atoms with Gasteiger partial charge >= 0.3 is 0 Å². The zero-order chi connectivity index (χ0) is 10.5. The van der Waals surface area contributed by atoms with Crippen molar-refractivity contribution in [1.29, 1.82) is 0 Å². The van der Waals surface area contributed by atoms with Crippen LogP contribution in [0.15, 0.2) is 0 Å². The SMILES string of the molecule is [B]C([B])(O)C([B])([B])CCCCCC. The monoisotopic (exact) mass is 170 g/mol. The van der Waals surface area contributed by atoms with Gasteiger partial charge in [0.25, 0.3) is 0 Å². The van der Waals surface area contributed by atoms with E-state index in [1.807, 2.05) is 0 Å². The summed E-state index contributed by atoms with van der Waals surface area (Å²) in [5.74, 6) is 0. The molecule has 0 rings (SSSR count). The maximum absolute atomic E-state index is 9.21. The Morgan fingerprint density at radius 2 is 1.54 bits per heavy atom. The lowest BCUT2D eigenvalue weighted by atomic mass is 9.34. The minimum atomic E-state index is -2.00. The third kappa shape index (κ3) is 4.85. The largest absolute Gasteiger partial charge is 0.410 e. The van der Waals surface area contributed by atoms with Crippen molar-refractivity contribution in [2.45, 2.75) is 49.6 Å². The van der Waals surface area contributed by atoms with Gasteiger partial charge in [-0.3, -0.25) is 0 Å². The first-order valence-electron chi connectivity index (χ1n) is 4.69. The van der Waals surface area contributed by atoms with Crippen molar-refractivity contribution in [3.8, 4) is 0 Å². The van der Waals surface area contributed by atoms with Crippen LogP contribution in [0.3, 0.4) is 0 Å². The second-order valence-corrected chi connectivity index (χ2v) is 3.68. The first kappa shape index (κ1) is 13.2. The van der Waals surface area contributed by atoms with Crippen molar-refractivity contribution < 1.29 is 5.11 Å². The molecule has 0 spiro atoms. The maximum Gasteiger partial charge on any atom is 0.0977 e. The van der Waals surface area contributed by atoms with Crippen LogP contribution < -0.4 is 0 Å². The highest BCUT2D eigenvalue weighted by Gasteiger charge is 2.31. The molecule has 0 aliphatic carbocycles. The molecule has 1 nitrogen and oxygen atoms in total. The smallest absolute Gasteiger partial charge is 0.0977 e. The second-order valence-electron chi connectivity index (χ2n) is 3.68. The average Bonchev–Trinajstić information content (AvgIpc) is 1.96. The van der Waals surface area contributed by atoms with Gasteiger partial charge in [0.2, 0.25) is 0 Å². The Kier molecular flexibility index (Phi) is 5.28. The summed E-state index contributed by atoms with van der Waals surface area (Å²) >= 11 is 0. The molecule has 0 aromatic heterocycles. The lowest BCUT2D eigenvalue weighted by Gasteiger charge is -2.40. The van der Waals surface area contributed by atoms with Crippen molar-refractivity contribution in [1.82, 2.24) is 0 Å². The number of hydrogen-bond donors (Lipinski definition) is 1. The standard InChI is InChI=1S/C8H14B4O/c1-2-3-4-5-6-7(9,10)8(11,12)13/h13H,2-6H2,1H3. The Bertz CT molecular complexity index is 142. The van der Waals surface area contributed by atoms with Crippen molar-refractivity contribution in [2.24, 2.45) is 0 Å².